The Morgan fingerprint density at radius 1 is 1.26 bits per heavy atom. The second kappa shape index (κ2) is 6.86. The van der Waals surface area contributed by atoms with E-state index >= 15 is 0 Å². The summed E-state index contributed by atoms with van der Waals surface area (Å²) in [5.74, 6) is -1.18. The Hall–Kier alpha value is -3.83. The summed E-state index contributed by atoms with van der Waals surface area (Å²) in [5.41, 5.74) is 4.48. The molecule has 1 aromatic heterocycles. The molecule has 1 saturated carbocycles. The summed E-state index contributed by atoms with van der Waals surface area (Å²) in [6.45, 7) is 1.80. The third kappa shape index (κ3) is 3.39. The summed E-state index contributed by atoms with van der Waals surface area (Å²) in [6, 6.07) is 4.29. The number of carbonyl (C=O) groups is 3. The van der Waals surface area contributed by atoms with E-state index in [1.165, 1.54) is 35.5 Å². The average molecular weight is 435 g/mol. The van der Waals surface area contributed by atoms with Crippen LogP contribution >= 0.6 is 0 Å². The molecule has 0 radical (unpaired) electrons. The van der Waals surface area contributed by atoms with Gasteiger partial charge in [0.25, 0.3) is 5.91 Å². The number of ether oxygens (including phenoxy) is 1. The number of hydrogen-bond acceptors (Lipinski definition) is 5. The molecular formula is C19H16F3N5O4. The van der Waals surface area contributed by atoms with Crippen LogP contribution in [0, 0.1) is 5.92 Å². The van der Waals surface area contributed by atoms with Gasteiger partial charge in [-0.1, -0.05) is 6.92 Å². The highest BCUT2D eigenvalue weighted by molar-refractivity contribution is 6.32. The van der Waals surface area contributed by atoms with Gasteiger partial charge >= 0.3 is 18.4 Å². The molecule has 31 heavy (non-hydrogen) atoms. The predicted octanol–water partition coefficient (Wildman–Crippen LogP) is 3.22. The Balaban J connectivity index is 1.72. The van der Waals surface area contributed by atoms with Gasteiger partial charge in [0.05, 0.1) is 23.3 Å². The number of amides is 5. The number of primary amides is 1. The summed E-state index contributed by atoms with van der Waals surface area (Å²) >= 11 is 0. The second-order valence-electron chi connectivity index (χ2n) is 7.21. The van der Waals surface area contributed by atoms with Crippen molar-refractivity contribution in [2.75, 3.05) is 15.1 Å². The van der Waals surface area contributed by atoms with Gasteiger partial charge in [0.1, 0.15) is 11.3 Å². The lowest BCUT2D eigenvalue weighted by molar-refractivity contribution is -0.274. The first-order valence-corrected chi connectivity index (χ1v) is 9.09. The number of pyridine rings is 1. The molecule has 2 heterocycles. The second-order valence-corrected chi connectivity index (χ2v) is 7.21. The van der Waals surface area contributed by atoms with Gasteiger partial charge in [0, 0.05) is 6.20 Å². The zero-order valence-corrected chi connectivity index (χ0v) is 16.0. The Morgan fingerprint density at radius 3 is 2.45 bits per heavy atom. The maximum atomic E-state index is 13.3. The Bertz CT molecular complexity index is 1070. The first-order valence-electron chi connectivity index (χ1n) is 9.09. The van der Waals surface area contributed by atoms with E-state index < -0.39 is 35.6 Å². The number of hydrogen-bond donors (Lipinski definition) is 2. The number of alkyl halides is 3. The molecule has 2 fully saturated rings. The number of urea groups is 2. The Kier molecular flexibility index (Phi) is 4.52. The highest BCUT2D eigenvalue weighted by atomic mass is 19.4. The van der Waals surface area contributed by atoms with Gasteiger partial charge < -0.3 is 15.8 Å². The lowest BCUT2D eigenvalue weighted by Crippen LogP contribution is -2.39. The van der Waals surface area contributed by atoms with E-state index in [9.17, 15) is 27.6 Å². The van der Waals surface area contributed by atoms with E-state index in [2.05, 4.69) is 15.0 Å². The smallest absolute Gasteiger partial charge is 0.406 e. The number of aromatic nitrogens is 1. The van der Waals surface area contributed by atoms with E-state index in [0.29, 0.717) is 6.42 Å². The lowest BCUT2D eigenvalue weighted by atomic mass is 10.1. The first kappa shape index (κ1) is 20.4. The van der Waals surface area contributed by atoms with Gasteiger partial charge in [-0.3, -0.25) is 14.7 Å². The minimum Gasteiger partial charge on any atom is -0.406 e. The normalized spacial score (nSPS) is 22.8. The molecular weight excluding hydrogens is 419 g/mol. The van der Waals surface area contributed by atoms with Crippen molar-refractivity contribution in [3.8, 4) is 5.75 Å². The van der Waals surface area contributed by atoms with Crippen LogP contribution in [0.4, 0.5) is 39.8 Å². The van der Waals surface area contributed by atoms with Crippen LogP contribution in [0.15, 0.2) is 42.7 Å². The Labute approximate surface area is 173 Å². The number of nitrogens with two attached hydrogens (primary N) is 1. The molecule has 2 aliphatic rings. The predicted molar refractivity (Wildman–Crippen MR) is 102 cm³/mol. The molecule has 3 N–H and O–H groups in total. The van der Waals surface area contributed by atoms with Crippen molar-refractivity contribution in [1.82, 2.24) is 4.98 Å². The largest absolute Gasteiger partial charge is 0.573 e. The topological polar surface area (TPSA) is 118 Å². The van der Waals surface area contributed by atoms with Gasteiger partial charge in [0.15, 0.2) is 0 Å². The Morgan fingerprint density at radius 2 is 1.90 bits per heavy atom. The maximum absolute atomic E-state index is 13.3. The molecule has 0 bridgehead atoms. The molecule has 1 aliphatic carbocycles. The van der Waals surface area contributed by atoms with E-state index in [-0.39, 0.29) is 23.0 Å². The van der Waals surface area contributed by atoms with Crippen molar-refractivity contribution in [3.05, 3.63) is 42.7 Å². The standard InChI is InChI=1S/C19H16F3N5O4/c1-10-8-18(10)15(28)26(11-2-4-12(5-3-11)31-19(20,21)22)17(30)27(18)14-6-7-24-9-13(14)25-16(23)29/h2-7,9-10H,8H2,1H3,(H3,23,25,29). The third-order valence-corrected chi connectivity index (χ3v) is 5.25. The molecule has 12 heteroatoms. The molecule has 4 rings (SSSR count). The van der Waals surface area contributed by atoms with Crippen molar-refractivity contribution in [3.63, 3.8) is 0 Å². The van der Waals surface area contributed by atoms with Crippen molar-refractivity contribution < 1.29 is 32.3 Å². The fourth-order valence-corrected chi connectivity index (χ4v) is 3.82. The molecule has 2 aromatic rings. The van der Waals surface area contributed by atoms with Crippen molar-refractivity contribution in [1.29, 1.82) is 0 Å². The number of nitrogens with zero attached hydrogens (tertiary/aromatic N) is 3. The molecule has 162 valence electrons. The molecule has 2 unspecified atom stereocenters. The van der Waals surface area contributed by atoms with Crippen LogP contribution in [-0.2, 0) is 4.79 Å². The number of rotatable bonds is 4. The van der Waals surface area contributed by atoms with Gasteiger partial charge in [0.2, 0.25) is 0 Å². The molecule has 9 nitrogen and oxygen atoms in total. The number of anilines is 3. The van der Waals surface area contributed by atoms with Crippen molar-refractivity contribution in [2.24, 2.45) is 11.7 Å². The summed E-state index contributed by atoms with van der Waals surface area (Å²) < 4.78 is 41.0. The number of benzene rings is 1. The zero-order chi connectivity index (χ0) is 22.6. The molecule has 1 aliphatic heterocycles. The SMILES string of the molecule is CC1CC12C(=O)N(c1ccc(OC(F)(F)F)cc1)C(=O)N2c1ccncc1NC(N)=O. The number of nitrogens with one attached hydrogen (secondary N) is 1. The van der Waals surface area contributed by atoms with Crippen LogP contribution in [-0.4, -0.2) is 34.9 Å². The minimum absolute atomic E-state index is 0.0870. The summed E-state index contributed by atoms with van der Waals surface area (Å²) in [5, 5.41) is 2.38. The zero-order valence-electron chi connectivity index (χ0n) is 16.0. The third-order valence-electron chi connectivity index (χ3n) is 5.25. The highest BCUT2D eigenvalue weighted by Crippen LogP contribution is 2.56. The number of halogens is 3. The van der Waals surface area contributed by atoms with Crippen molar-refractivity contribution >= 4 is 35.0 Å². The van der Waals surface area contributed by atoms with E-state index in [0.717, 1.165) is 17.0 Å². The van der Waals surface area contributed by atoms with Crippen molar-refractivity contribution in [2.45, 2.75) is 25.2 Å². The molecule has 2 atom stereocenters. The summed E-state index contributed by atoms with van der Waals surface area (Å²) in [7, 11) is 0. The van der Waals surface area contributed by atoms with Crippen LogP contribution in [0.5, 0.6) is 5.75 Å². The van der Waals surface area contributed by atoms with Crippen LogP contribution < -0.4 is 25.6 Å². The minimum atomic E-state index is -4.86. The first-order chi connectivity index (χ1) is 14.5. The van der Waals surface area contributed by atoms with E-state index in [4.69, 9.17) is 5.73 Å². The number of imide groups is 1. The molecule has 1 aromatic carbocycles. The van der Waals surface area contributed by atoms with Gasteiger partial charge in [-0.25, -0.2) is 14.5 Å². The van der Waals surface area contributed by atoms with Crippen LogP contribution in [0.2, 0.25) is 0 Å². The van der Waals surface area contributed by atoms with Crippen LogP contribution in [0.25, 0.3) is 0 Å². The summed E-state index contributed by atoms with van der Waals surface area (Å²) in [4.78, 5) is 44.0. The monoisotopic (exact) mass is 435 g/mol. The molecule has 1 saturated heterocycles. The van der Waals surface area contributed by atoms with Crippen LogP contribution in [0.1, 0.15) is 13.3 Å². The van der Waals surface area contributed by atoms with E-state index in [1.807, 2.05) is 0 Å². The fourth-order valence-electron chi connectivity index (χ4n) is 3.82. The molecule has 1 spiro atoms. The van der Waals surface area contributed by atoms with Gasteiger partial charge in [-0.2, -0.15) is 0 Å². The maximum Gasteiger partial charge on any atom is 0.573 e. The van der Waals surface area contributed by atoms with E-state index in [1.54, 1.807) is 6.92 Å². The van der Waals surface area contributed by atoms with Crippen LogP contribution in [0.3, 0.4) is 0 Å². The number of carbonyl (C=O) groups excluding carboxylic acids is 3. The fraction of sp³-hybridized carbons (Fsp3) is 0.263. The average Bonchev–Trinajstić information content (AvgIpc) is 3.29. The van der Waals surface area contributed by atoms with Gasteiger partial charge in [-0.15, -0.1) is 13.2 Å². The van der Waals surface area contributed by atoms with Gasteiger partial charge in [-0.05, 0) is 42.7 Å². The quantitative estimate of drug-likeness (QED) is 0.715. The molecule has 5 amide bonds. The lowest BCUT2D eigenvalue weighted by Gasteiger charge is -2.24. The summed E-state index contributed by atoms with van der Waals surface area (Å²) in [6.07, 6.45) is -1.80. The highest BCUT2D eigenvalue weighted by Gasteiger charge is 2.70.